The Bertz CT molecular complexity index is 230. The molecule has 1 atom stereocenters. The van der Waals surface area contributed by atoms with E-state index in [1.165, 1.54) is 30.4 Å². The van der Waals surface area contributed by atoms with Crippen LogP contribution in [0.1, 0.15) is 46.5 Å². The van der Waals surface area contributed by atoms with Crippen LogP contribution >= 0.6 is 0 Å². The number of allylic oxidation sites excluding steroid dienone is 1. The Morgan fingerprint density at radius 2 is 2.00 bits per heavy atom. The molecule has 0 heterocycles. The average molecular weight is 181 g/mol. The van der Waals surface area contributed by atoms with Gasteiger partial charge in [-0.15, -0.1) is 0 Å². The lowest BCUT2D eigenvalue weighted by Gasteiger charge is -2.23. The fourth-order valence-electron chi connectivity index (χ4n) is 2.06. The minimum atomic E-state index is 0.0679. The molecule has 0 saturated heterocycles. The fraction of sp³-hybridized carbons (Fsp3) is 0.727. The molecule has 0 aromatic rings. The molecular formula is C11H19NO. The van der Waals surface area contributed by atoms with E-state index in [9.17, 15) is 4.79 Å². The maximum Gasteiger partial charge on any atom is 0.217 e. The normalized spacial score (nSPS) is 19.9. The summed E-state index contributed by atoms with van der Waals surface area (Å²) in [5.74, 6) is 0.0679. The maximum atomic E-state index is 10.9. The van der Waals surface area contributed by atoms with Crippen LogP contribution in [0.25, 0.3) is 0 Å². The highest BCUT2D eigenvalue weighted by Crippen LogP contribution is 2.26. The molecule has 0 bridgehead atoms. The van der Waals surface area contributed by atoms with E-state index in [4.69, 9.17) is 0 Å². The van der Waals surface area contributed by atoms with Gasteiger partial charge in [-0.2, -0.15) is 0 Å². The molecule has 1 N–H and O–H groups in total. The third-order valence-electron chi connectivity index (χ3n) is 2.74. The first-order chi connectivity index (χ1) is 6.11. The summed E-state index contributed by atoms with van der Waals surface area (Å²) in [6.45, 7) is 5.84. The largest absolute Gasteiger partial charge is 0.350 e. The van der Waals surface area contributed by atoms with Gasteiger partial charge in [0.2, 0.25) is 5.91 Å². The SMILES string of the molecule is CC(=O)NC(C)C1=C(C)CCCC1. The van der Waals surface area contributed by atoms with Crippen LogP contribution in [0.15, 0.2) is 11.1 Å². The third kappa shape index (κ3) is 2.87. The number of hydrogen-bond donors (Lipinski definition) is 1. The summed E-state index contributed by atoms with van der Waals surface area (Å²) in [7, 11) is 0. The van der Waals surface area contributed by atoms with Crippen molar-refractivity contribution in [3.63, 3.8) is 0 Å². The van der Waals surface area contributed by atoms with Crippen LogP contribution in [0, 0.1) is 0 Å². The first-order valence-electron chi connectivity index (χ1n) is 5.07. The molecule has 1 amide bonds. The van der Waals surface area contributed by atoms with Crippen LogP contribution < -0.4 is 5.32 Å². The molecule has 0 aliphatic heterocycles. The van der Waals surface area contributed by atoms with Crippen molar-refractivity contribution in [2.75, 3.05) is 0 Å². The van der Waals surface area contributed by atoms with Gasteiger partial charge < -0.3 is 5.32 Å². The lowest BCUT2D eigenvalue weighted by molar-refractivity contribution is -0.119. The first kappa shape index (κ1) is 10.3. The van der Waals surface area contributed by atoms with Gasteiger partial charge >= 0.3 is 0 Å². The van der Waals surface area contributed by atoms with Crippen LogP contribution in [-0.4, -0.2) is 11.9 Å². The molecule has 1 rings (SSSR count). The first-order valence-corrected chi connectivity index (χ1v) is 5.07. The van der Waals surface area contributed by atoms with Crippen molar-refractivity contribution < 1.29 is 4.79 Å². The van der Waals surface area contributed by atoms with Crippen molar-refractivity contribution in [1.29, 1.82) is 0 Å². The molecule has 1 aliphatic carbocycles. The molecule has 1 aliphatic rings. The summed E-state index contributed by atoms with van der Waals surface area (Å²) >= 11 is 0. The van der Waals surface area contributed by atoms with Crippen LogP contribution in [0.2, 0.25) is 0 Å². The van der Waals surface area contributed by atoms with E-state index in [-0.39, 0.29) is 11.9 Å². The molecule has 2 heteroatoms. The zero-order chi connectivity index (χ0) is 9.84. The van der Waals surface area contributed by atoms with E-state index < -0.39 is 0 Å². The van der Waals surface area contributed by atoms with Crippen molar-refractivity contribution in [3.8, 4) is 0 Å². The Morgan fingerprint density at radius 1 is 1.38 bits per heavy atom. The van der Waals surface area contributed by atoms with Gasteiger partial charge in [0, 0.05) is 13.0 Å². The quantitative estimate of drug-likeness (QED) is 0.651. The minimum Gasteiger partial charge on any atom is -0.350 e. The summed E-state index contributed by atoms with van der Waals surface area (Å²) in [5, 5.41) is 2.95. The Hall–Kier alpha value is -0.790. The molecule has 0 aromatic heterocycles. The zero-order valence-electron chi connectivity index (χ0n) is 8.81. The second kappa shape index (κ2) is 4.45. The van der Waals surface area contributed by atoms with Crippen LogP contribution in [-0.2, 0) is 4.79 Å². The van der Waals surface area contributed by atoms with E-state index in [0.717, 1.165) is 6.42 Å². The monoisotopic (exact) mass is 181 g/mol. The highest BCUT2D eigenvalue weighted by molar-refractivity contribution is 5.73. The summed E-state index contributed by atoms with van der Waals surface area (Å²) < 4.78 is 0. The van der Waals surface area contributed by atoms with E-state index in [1.807, 2.05) is 0 Å². The molecular weight excluding hydrogens is 162 g/mol. The predicted octanol–water partition coefficient (Wildman–Crippen LogP) is 2.40. The van der Waals surface area contributed by atoms with Gasteiger partial charge in [0.05, 0.1) is 0 Å². The van der Waals surface area contributed by atoms with Gasteiger partial charge in [0.1, 0.15) is 0 Å². The summed E-state index contributed by atoms with van der Waals surface area (Å²) in [6, 6.07) is 0.234. The van der Waals surface area contributed by atoms with Gasteiger partial charge in [-0.3, -0.25) is 4.79 Å². The van der Waals surface area contributed by atoms with Gasteiger partial charge in [0.15, 0.2) is 0 Å². The molecule has 0 fully saturated rings. The van der Waals surface area contributed by atoms with Gasteiger partial charge in [-0.1, -0.05) is 5.57 Å². The lowest BCUT2D eigenvalue weighted by atomic mass is 9.89. The highest BCUT2D eigenvalue weighted by Gasteiger charge is 2.15. The van der Waals surface area contributed by atoms with Crippen molar-refractivity contribution in [3.05, 3.63) is 11.1 Å². The van der Waals surface area contributed by atoms with Crippen molar-refractivity contribution in [2.45, 2.75) is 52.5 Å². The second-order valence-corrected chi connectivity index (χ2v) is 3.93. The smallest absolute Gasteiger partial charge is 0.217 e. The average Bonchev–Trinajstić information content (AvgIpc) is 2.03. The topological polar surface area (TPSA) is 29.1 Å². The number of rotatable bonds is 2. The van der Waals surface area contributed by atoms with E-state index in [2.05, 4.69) is 19.2 Å². The molecule has 1 unspecified atom stereocenters. The molecule has 0 spiro atoms. The van der Waals surface area contributed by atoms with Crippen molar-refractivity contribution in [2.24, 2.45) is 0 Å². The molecule has 2 nitrogen and oxygen atoms in total. The van der Waals surface area contributed by atoms with Gasteiger partial charge in [-0.05, 0) is 45.1 Å². The van der Waals surface area contributed by atoms with Gasteiger partial charge in [-0.25, -0.2) is 0 Å². The Kier molecular flexibility index (Phi) is 3.52. The van der Waals surface area contributed by atoms with E-state index >= 15 is 0 Å². The molecule has 0 saturated carbocycles. The Balaban J connectivity index is 2.63. The molecule has 13 heavy (non-hydrogen) atoms. The summed E-state index contributed by atoms with van der Waals surface area (Å²) in [5.41, 5.74) is 2.92. The minimum absolute atomic E-state index is 0.0679. The number of hydrogen-bond acceptors (Lipinski definition) is 1. The standard InChI is InChI=1S/C11H19NO/c1-8-6-4-5-7-11(8)9(2)12-10(3)13/h9H,4-7H2,1-3H3,(H,12,13). The molecule has 0 aromatic carbocycles. The number of nitrogens with one attached hydrogen (secondary N) is 1. The zero-order valence-corrected chi connectivity index (χ0v) is 8.81. The predicted molar refractivity (Wildman–Crippen MR) is 54.4 cm³/mol. The summed E-state index contributed by atoms with van der Waals surface area (Å²) in [4.78, 5) is 10.9. The second-order valence-electron chi connectivity index (χ2n) is 3.93. The van der Waals surface area contributed by atoms with Crippen molar-refractivity contribution in [1.82, 2.24) is 5.32 Å². The van der Waals surface area contributed by atoms with E-state index in [0.29, 0.717) is 0 Å². The number of amides is 1. The number of carbonyl (C=O) groups is 1. The van der Waals surface area contributed by atoms with Crippen LogP contribution in [0.3, 0.4) is 0 Å². The summed E-state index contributed by atoms with van der Waals surface area (Å²) in [6.07, 6.45) is 4.95. The fourth-order valence-corrected chi connectivity index (χ4v) is 2.06. The van der Waals surface area contributed by atoms with E-state index in [1.54, 1.807) is 6.92 Å². The van der Waals surface area contributed by atoms with Crippen LogP contribution in [0.4, 0.5) is 0 Å². The molecule has 74 valence electrons. The Labute approximate surface area is 80.4 Å². The number of carbonyl (C=O) groups excluding carboxylic acids is 1. The van der Waals surface area contributed by atoms with Gasteiger partial charge in [0.25, 0.3) is 0 Å². The highest BCUT2D eigenvalue weighted by atomic mass is 16.1. The third-order valence-corrected chi connectivity index (χ3v) is 2.74. The maximum absolute atomic E-state index is 10.9. The van der Waals surface area contributed by atoms with Crippen LogP contribution in [0.5, 0.6) is 0 Å². The lowest BCUT2D eigenvalue weighted by Crippen LogP contribution is -2.33. The van der Waals surface area contributed by atoms with Crippen molar-refractivity contribution >= 4 is 5.91 Å². The Morgan fingerprint density at radius 3 is 2.54 bits per heavy atom. The molecule has 0 radical (unpaired) electrons.